The largest absolute Gasteiger partial charge is 0.509 e. The molecule has 3 aromatic rings. The normalized spacial score (nSPS) is 14.2. The van der Waals surface area contributed by atoms with E-state index in [1.807, 2.05) is 47.9 Å². The average molecular weight is 375 g/mol. The lowest BCUT2D eigenvalue weighted by molar-refractivity contribution is -0.114. The second-order valence-corrected chi connectivity index (χ2v) is 6.65. The van der Waals surface area contributed by atoms with E-state index in [-0.39, 0.29) is 24.0 Å². The smallest absolute Gasteiger partial charge is 0.221 e. The highest BCUT2D eigenvalue weighted by Crippen LogP contribution is 2.32. The Hall–Kier alpha value is -3.61. The van der Waals surface area contributed by atoms with Crippen molar-refractivity contribution in [2.75, 3.05) is 16.8 Å². The van der Waals surface area contributed by atoms with E-state index in [9.17, 15) is 9.90 Å². The Labute approximate surface area is 162 Å². The number of fused-ring (bicyclic) bond motifs is 1. The second-order valence-electron chi connectivity index (χ2n) is 6.65. The number of hydrogen-bond donors (Lipinski definition) is 3. The predicted molar refractivity (Wildman–Crippen MR) is 111 cm³/mol. The number of hydrogen-bond acceptors (Lipinski definition) is 4. The first-order valence-corrected chi connectivity index (χ1v) is 9.11. The van der Waals surface area contributed by atoms with E-state index < -0.39 is 0 Å². The maximum atomic E-state index is 11.2. The van der Waals surface area contributed by atoms with Crippen molar-refractivity contribution >= 4 is 39.7 Å². The van der Waals surface area contributed by atoms with Crippen LogP contribution in [0.5, 0.6) is 0 Å². The van der Waals surface area contributed by atoms with Gasteiger partial charge < -0.3 is 19.9 Å². The number of imidazole rings is 1. The number of anilines is 2. The fourth-order valence-electron chi connectivity index (χ4n) is 3.55. The summed E-state index contributed by atoms with van der Waals surface area (Å²) < 4.78 is 2.01. The van der Waals surface area contributed by atoms with Gasteiger partial charge in [0.05, 0.1) is 23.2 Å². The molecule has 142 valence electrons. The maximum absolute atomic E-state index is 11.2. The quantitative estimate of drug-likeness (QED) is 0.647. The molecule has 0 fully saturated rings. The molecule has 28 heavy (non-hydrogen) atoms. The maximum Gasteiger partial charge on any atom is 0.221 e. The third-order valence-electron chi connectivity index (χ3n) is 4.80. The Morgan fingerprint density at radius 1 is 1.21 bits per heavy atom. The molecule has 2 heterocycles. The Kier molecular flexibility index (Phi) is 4.35. The highest BCUT2D eigenvalue weighted by Gasteiger charge is 2.32. The molecule has 0 aliphatic carbocycles. The molecular weight excluding hydrogens is 354 g/mol. The molecule has 1 amide bonds. The van der Waals surface area contributed by atoms with E-state index in [0.717, 1.165) is 16.7 Å². The fraction of sp³-hybridized carbons (Fsp3) is 0.190. The molecule has 7 heteroatoms. The fourth-order valence-corrected chi connectivity index (χ4v) is 3.55. The zero-order chi connectivity index (χ0) is 19.8. The molecule has 3 N–H and O–H groups in total. The second kappa shape index (κ2) is 6.84. The van der Waals surface area contributed by atoms with Crippen LogP contribution in [0, 0.1) is 5.41 Å². The van der Waals surface area contributed by atoms with Crippen LogP contribution in [0.1, 0.15) is 19.7 Å². The number of aromatic nitrogens is 2. The lowest BCUT2D eigenvalue weighted by Gasteiger charge is -2.19. The van der Waals surface area contributed by atoms with Gasteiger partial charge in [0.25, 0.3) is 0 Å². The van der Waals surface area contributed by atoms with E-state index >= 15 is 0 Å². The van der Waals surface area contributed by atoms with Crippen molar-refractivity contribution in [3.8, 4) is 0 Å². The van der Waals surface area contributed by atoms with Gasteiger partial charge in [-0.05, 0) is 43.3 Å². The third kappa shape index (κ3) is 2.90. The van der Waals surface area contributed by atoms with Gasteiger partial charge >= 0.3 is 0 Å². The number of amidine groups is 1. The molecular formula is C21H21N5O2. The summed E-state index contributed by atoms with van der Waals surface area (Å²) in [5.41, 5.74) is 3.72. The molecule has 2 aromatic carbocycles. The lowest BCUT2D eigenvalue weighted by Crippen LogP contribution is -2.26. The summed E-state index contributed by atoms with van der Waals surface area (Å²) in [7, 11) is 0. The highest BCUT2D eigenvalue weighted by molar-refractivity contribution is 6.30. The summed E-state index contributed by atoms with van der Waals surface area (Å²) in [6.07, 6.45) is 0. The monoisotopic (exact) mass is 375 g/mol. The Morgan fingerprint density at radius 2 is 1.93 bits per heavy atom. The van der Waals surface area contributed by atoms with Crippen molar-refractivity contribution < 1.29 is 9.90 Å². The number of aryl methyl sites for hydroxylation is 1. The van der Waals surface area contributed by atoms with E-state index in [1.165, 1.54) is 6.92 Å². The molecule has 0 radical (unpaired) electrons. The molecule has 0 bridgehead atoms. The Morgan fingerprint density at radius 3 is 2.61 bits per heavy atom. The van der Waals surface area contributed by atoms with Gasteiger partial charge in [0.2, 0.25) is 5.91 Å². The summed E-state index contributed by atoms with van der Waals surface area (Å²) in [6.45, 7) is 4.37. The predicted octanol–water partition coefficient (Wildman–Crippen LogP) is 3.78. The summed E-state index contributed by atoms with van der Waals surface area (Å²) in [5, 5.41) is 22.0. The van der Waals surface area contributed by atoms with Crippen molar-refractivity contribution in [3.05, 3.63) is 60.1 Å². The molecule has 4 rings (SSSR count). The third-order valence-corrected chi connectivity index (χ3v) is 4.80. The number of rotatable bonds is 4. The van der Waals surface area contributed by atoms with Crippen molar-refractivity contribution in [1.82, 2.24) is 9.55 Å². The van der Waals surface area contributed by atoms with Gasteiger partial charge in [-0.1, -0.05) is 12.1 Å². The van der Waals surface area contributed by atoms with Gasteiger partial charge in [-0.15, -0.1) is 0 Å². The number of carbonyl (C=O) groups is 1. The zero-order valence-corrected chi connectivity index (χ0v) is 15.7. The number of nitrogens with one attached hydrogen (secondary N) is 2. The lowest BCUT2D eigenvalue weighted by atomic mass is 10.2. The molecule has 1 aromatic heterocycles. The van der Waals surface area contributed by atoms with Crippen LogP contribution in [0.25, 0.3) is 16.6 Å². The summed E-state index contributed by atoms with van der Waals surface area (Å²) in [6, 6.07) is 15.0. The Balaban J connectivity index is 1.69. The topological polar surface area (TPSA) is 94.2 Å². The van der Waals surface area contributed by atoms with Gasteiger partial charge in [-0.2, -0.15) is 0 Å². The van der Waals surface area contributed by atoms with E-state index in [4.69, 9.17) is 5.41 Å². The van der Waals surface area contributed by atoms with E-state index in [2.05, 4.69) is 10.3 Å². The Bertz CT molecular complexity index is 1110. The molecule has 0 atom stereocenters. The van der Waals surface area contributed by atoms with Crippen LogP contribution in [0.15, 0.2) is 54.3 Å². The molecule has 1 aliphatic rings. The van der Waals surface area contributed by atoms with Gasteiger partial charge in [0.15, 0.2) is 0 Å². The molecule has 0 spiro atoms. The van der Waals surface area contributed by atoms with Crippen LogP contribution in [0.3, 0.4) is 0 Å². The van der Waals surface area contributed by atoms with Crippen LogP contribution in [-0.4, -0.2) is 32.9 Å². The van der Waals surface area contributed by atoms with Crippen LogP contribution < -0.4 is 10.2 Å². The molecule has 0 unspecified atom stereocenters. The number of amides is 1. The van der Waals surface area contributed by atoms with Gasteiger partial charge in [-0.25, -0.2) is 4.98 Å². The van der Waals surface area contributed by atoms with Crippen molar-refractivity contribution in [3.63, 3.8) is 0 Å². The van der Waals surface area contributed by atoms with Crippen LogP contribution in [-0.2, 0) is 11.3 Å². The number of nitrogens with zero attached hydrogens (tertiary/aromatic N) is 3. The zero-order valence-electron chi connectivity index (χ0n) is 15.7. The number of aliphatic hydroxyl groups excluding tert-OH is 1. The van der Waals surface area contributed by atoms with E-state index in [0.29, 0.717) is 23.6 Å². The molecule has 0 saturated carbocycles. The van der Waals surface area contributed by atoms with Gasteiger partial charge in [-0.3, -0.25) is 10.2 Å². The standard InChI is InChI=1S/C21H21N5O2/c1-3-25-17-7-5-4-6-16(17)24-21(25)19-18(28)12-26(20(19)22)15-10-8-14(9-11-15)23-13(2)27/h4-11,22,28H,3,12H2,1-2H3,(H,23,27). The molecule has 1 aliphatic heterocycles. The minimum absolute atomic E-state index is 0.126. The van der Waals surface area contributed by atoms with Crippen LogP contribution in [0.4, 0.5) is 11.4 Å². The van der Waals surface area contributed by atoms with Crippen molar-refractivity contribution in [2.45, 2.75) is 20.4 Å². The average Bonchev–Trinajstić information content (AvgIpc) is 3.18. The molecule has 7 nitrogen and oxygen atoms in total. The summed E-state index contributed by atoms with van der Waals surface area (Å²) >= 11 is 0. The number of benzene rings is 2. The van der Waals surface area contributed by atoms with E-state index in [1.54, 1.807) is 17.0 Å². The summed E-state index contributed by atoms with van der Waals surface area (Å²) in [5.74, 6) is 0.793. The first-order valence-electron chi connectivity index (χ1n) is 9.11. The SMILES string of the molecule is CCn1c(C2=C(O)CN(c3ccc(NC(C)=O)cc3)C2=N)nc2ccccc21. The summed E-state index contributed by atoms with van der Waals surface area (Å²) in [4.78, 5) is 17.6. The minimum atomic E-state index is -0.137. The first-order chi connectivity index (χ1) is 13.5. The number of para-hydroxylation sites is 2. The van der Waals surface area contributed by atoms with Gasteiger partial charge in [0, 0.05) is 24.8 Å². The first kappa shape index (κ1) is 17.8. The van der Waals surface area contributed by atoms with Crippen molar-refractivity contribution in [2.24, 2.45) is 0 Å². The highest BCUT2D eigenvalue weighted by atomic mass is 16.3. The number of carbonyl (C=O) groups excluding carboxylic acids is 1. The van der Waals surface area contributed by atoms with Crippen LogP contribution >= 0.6 is 0 Å². The van der Waals surface area contributed by atoms with Crippen LogP contribution in [0.2, 0.25) is 0 Å². The van der Waals surface area contributed by atoms with Gasteiger partial charge in [0.1, 0.15) is 17.4 Å². The molecule has 0 saturated heterocycles. The number of aliphatic hydroxyl groups is 1. The minimum Gasteiger partial charge on any atom is -0.509 e. The van der Waals surface area contributed by atoms with Crippen molar-refractivity contribution in [1.29, 1.82) is 5.41 Å².